The first kappa shape index (κ1) is 8.83. The monoisotopic (exact) mass is 208 g/mol. The third-order valence-corrected chi connectivity index (χ3v) is 2.99. The van der Waals surface area contributed by atoms with Crippen molar-refractivity contribution in [1.29, 1.82) is 0 Å². The number of hydrogen-bond donors (Lipinski definition) is 3. The van der Waals surface area contributed by atoms with Crippen LogP contribution in [0.1, 0.15) is 10.4 Å². The molecule has 4 nitrogen and oxygen atoms in total. The SMILES string of the molecule is Nc1cc(C(=O)O)c(N)c2sccc12. The molecule has 5 heteroatoms. The molecule has 0 aliphatic carbocycles. The number of anilines is 2. The van der Waals surface area contributed by atoms with Gasteiger partial charge in [-0.3, -0.25) is 0 Å². The van der Waals surface area contributed by atoms with Gasteiger partial charge in [-0.05, 0) is 17.5 Å². The molecule has 1 heterocycles. The van der Waals surface area contributed by atoms with Gasteiger partial charge in [-0.15, -0.1) is 11.3 Å². The van der Waals surface area contributed by atoms with Gasteiger partial charge in [-0.25, -0.2) is 4.79 Å². The number of carboxylic acids is 1. The Morgan fingerprint density at radius 1 is 1.43 bits per heavy atom. The minimum Gasteiger partial charge on any atom is -0.478 e. The molecule has 1 aromatic heterocycles. The first-order valence-corrected chi connectivity index (χ1v) is 4.77. The highest BCUT2D eigenvalue weighted by Crippen LogP contribution is 2.34. The van der Waals surface area contributed by atoms with Crippen molar-refractivity contribution in [3.63, 3.8) is 0 Å². The van der Waals surface area contributed by atoms with E-state index in [1.165, 1.54) is 17.4 Å². The molecule has 0 amide bonds. The van der Waals surface area contributed by atoms with E-state index in [0.717, 1.165) is 10.1 Å². The predicted octanol–water partition coefficient (Wildman–Crippen LogP) is 1.76. The van der Waals surface area contributed by atoms with E-state index < -0.39 is 5.97 Å². The van der Waals surface area contributed by atoms with Crippen LogP contribution >= 0.6 is 11.3 Å². The summed E-state index contributed by atoms with van der Waals surface area (Å²) in [6, 6.07) is 3.23. The van der Waals surface area contributed by atoms with Crippen LogP contribution in [0.3, 0.4) is 0 Å². The molecule has 0 fully saturated rings. The molecule has 0 aliphatic heterocycles. The Morgan fingerprint density at radius 2 is 2.14 bits per heavy atom. The van der Waals surface area contributed by atoms with E-state index in [1.807, 2.05) is 11.4 Å². The Balaban J connectivity index is 2.88. The van der Waals surface area contributed by atoms with Gasteiger partial charge in [0.15, 0.2) is 0 Å². The van der Waals surface area contributed by atoms with Gasteiger partial charge in [0, 0.05) is 11.1 Å². The zero-order valence-corrected chi connectivity index (χ0v) is 7.97. The number of fused-ring (bicyclic) bond motifs is 1. The lowest BCUT2D eigenvalue weighted by Crippen LogP contribution is -2.03. The lowest BCUT2D eigenvalue weighted by molar-refractivity contribution is 0.0698. The first-order valence-electron chi connectivity index (χ1n) is 3.89. The van der Waals surface area contributed by atoms with Crippen LogP contribution in [0.4, 0.5) is 11.4 Å². The van der Waals surface area contributed by atoms with Gasteiger partial charge < -0.3 is 16.6 Å². The molecule has 0 aliphatic rings. The zero-order valence-electron chi connectivity index (χ0n) is 7.15. The molecule has 0 radical (unpaired) electrons. The number of nitrogens with two attached hydrogens (primary N) is 2. The molecule has 0 spiro atoms. The molecule has 1 aromatic carbocycles. The van der Waals surface area contributed by atoms with E-state index in [-0.39, 0.29) is 11.3 Å². The number of rotatable bonds is 1. The second kappa shape index (κ2) is 2.88. The number of aromatic carboxylic acids is 1. The van der Waals surface area contributed by atoms with Crippen molar-refractivity contribution in [1.82, 2.24) is 0 Å². The van der Waals surface area contributed by atoms with Crippen LogP contribution < -0.4 is 11.5 Å². The number of carboxylic acid groups (broad SMARTS) is 1. The Kier molecular flexibility index (Phi) is 1.82. The maximum absolute atomic E-state index is 10.8. The van der Waals surface area contributed by atoms with E-state index in [4.69, 9.17) is 16.6 Å². The summed E-state index contributed by atoms with van der Waals surface area (Å²) in [6.07, 6.45) is 0. The summed E-state index contributed by atoms with van der Waals surface area (Å²) in [4.78, 5) is 10.8. The van der Waals surface area contributed by atoms with E-state index in [2.05, 4.69) is 0 Å². The molecule has 0 saturated carbocycles. The summed E-state index contributed by atoms with van der Waals surface area (Å²) in [7, 11) is 0. The van der Waals surface area contributed by atoms with Crippen molar-refractivity contribution >= 4 is 38.8 Å². The average molecular weight is 208 g/mol. The van der Waals surface area contributed by atoms with Crippen molar-refractivity contribution in [2.24, 2.45) is 0 Å². The predicted molar refractivity (Wildman–Crippen MR) is 57.6 cm³/mol. The summed E-state index contributed by atoms with van der Waals surface area (Å²) >= 11 is 1.39. The van der Waals surface area contributed by atoms with E-state index >= 15 is 0 Å². The third kappa shape index (κ3) is 1.10. The fraction of sp³-hybridized carbons (Fsp3) is 0. The fourth-order valence-corrected chi connectivity index (χ4v) is 2.25. The number of thiophene rings is 1. The van der Waals surface area contributed by atoms with Gasteiger partial charge in [0.2, 0.25) is 0 Å². The second-order valence-corrected chi connectivity index (χ2v) is 3.81. The van der Waals surface area contributed by atoms with Crippen LogP contribution in [0.5, 0.6) is 0 Å². The summed E-state index contributed by atoms with van der Waals surface area (Å²) in [5.41, 5.74) is 12.2. The van der Waals surface area contributed by atoms with Crippen LogP contribution in [0.2, 0.25) is 0 Å². The highest BCUT2D eigenvalue weighted by Gasteiger charge is 2.13. The number of hydrogen-bond acceptors (Lipinski definition) is 4. The highest BCUT2D eigenvalue weighted by molar-refractivity contribution is 7.18. The smallest absolute Gasteiger partial charge is 0.337 e. The largest absolute Gasteiger partial charge is 0.478 e. The molecule has 0 saturated heterocycles. The van der Waals surface area contributed by atoms with Crippen LogP contribution in [0, 0.1) is 0 Å². The Bertz CT molecular complexity index is 519. The third-order valence-electron chi connectivity index (χ3n) is 2.04. The molecule has 72 valence electrons. The molecular formula is C9H8N2O2S. The molecule has 2 rings (SSSR count). The number of benzene rings is 1. The second-order valence-electron chi connectivity index (χ2n) is 2.90. The molecule has 0 atom stereocenters. The molecule has 2 aromatic rings. The fourth-order valence-electron chi connectivity index (χ4n) is 1.36. The van der Waals surface area contributed by atoms with Gasteiger partial charge in [-0.2, -0.15) is 0 Å². The number of nitrogen functional groups attached to an aromatic ring is 2. The quantitative estimate of drug-likeness (QED) is 0.623. The molecule has 5 N–H and O–H groups in total. The Morgan fingerprint density at radius 3 is 2.79 bits per heavy atom. The van der Waals surface area contributed by atoms with Crippen LogP contribution in [0.25, 0.3) is 10.1 Å². The minimum absolute atomic E-state index is 0.0671. The van der Waals surface area contributed by atoms with Crippen LogP contribution in [-0.4, -0.2) is 11.1 Å². The summed E-state index contributed by atoms with van der Waals surface area (Å²) in [6.45, 7) is 0. The molecule has 14 heavy (non-hydrogen) atoms. The van der Waals surface area contributed by atoms with Crippen molar-refractivity contribution < 1.29 is 9.90 Å². The Labute approximate surface area is 83.8 Å². The first-order chi connectivity index (χ1) is 6.61. The van der Waals surface area contributed by atoms with Crippen molar-refractivity contribution in [2.75, 3.05) is 11.5 Å². The van der Waals surface area contributed by atoms with Gasteiger partial charge >= 0.3 is 5.97 Å². The summed E-state index contributed by atoms with van der Waals surface area (Å²) < 4.78 is 0.738. The topological polar surface area (TPSA) is 89.3 Å². The summed E-state index contributed by atoms with van der Waals surface area (Å²) in [5, 5.41) is 11.5. The maximum atomic E-state index is 10.8. The highest BCUT2D eigenvalue weighted by atomic mass is 32.1. The molecular weight excluding hydrogens is 200 g/mol. The van der Waals surface area contributed by atoms with E-state index in [9.17, 15) is 4.79 Å². The van der Waals surface area contributed by atoms with Crippen molar-refractivity contribution in [2.45, 2.75) is 0 Å². The van der Waals surface area contributed by atoms with Gasteiger partial charge in [0.05, 0.1) is 16.0 Å². The van der Waals surface area contributed by atoms with E-state index in [1.54, 1.807) is 0 Å². The standard InChI is InChI=1S/C9H8N2O2S/c10-6-3-5(9(12)13)7(11)8-4(6)1-2-14-8/h1-3H,10-11H2,(H,12,13). The van der Waals surface area contributed by atoms with Crippen molar-refractivity contribution in [3.8, 4) is 0 Å². The molecule has 0 bridgehead atoms. The average Bonchev–Trinajstić information content (AvgIpc) is 2.59. The lowest BCUT2D eigenvalue weighted by Gasteiger charge is -2.04. The van der Waals surface area contributed by atoms with Crippen LogP contribution in [-0.2, 0) is 0 Å². The summed E-state index contributed by atoms with van der Waals surface area (Å²) in [5.74, 6) is -1.05. The Hall–Kier alpha value is -1.75. The van der Waals surface area contributed by atoms with Gasteiger partial charge in [-0.1, -0.05) is 0 Å². The van der Waals surface area contributed by atoms with Gasteiger partial charge in [0.25, 0.3) is 0 Å². The lowest BCUT2D eigenvalue weighted by atomic mass is 10.1. The van der Waals surface area contributed by atoms with Gasteiger partial charge in [0.1, 0.15) is 0 Å². The van der Waals surface area contributed by atoms with Crippen LogP contribution in [0.15, 0.2) is 17.5 Å². The molecule has 0 unspecified atom stereocenters. The minimum atomic E-state index is -1.05. The number of carbonyl (C=O) groups is 1. The normalized spacial score (nSPS) is 10.6. The van der Waals surface area contributed by atoms with E-state index in [0.29, 0.717) is 5.69 Å². The van der Waals surface area contributed by atoms with Crippen molar-refractivity contribution in [3.05, 3.63) is 23.1 Å². The zero-order chi connectivity index (χ0) is 10.3. The maximum Gasteiger partial charge on any atom is 0.337 e.